The SMILES string of the molecule is CCNC(C)(CC(C)N(C)CC1CCCOC1)C(=O)OC. The summed E-state index contributed by atoms with van der Waals surface area (Å²) in [5.41, 5.74) is -0.625. The molecule has 1 saturated heterocycles. The van der Waals surface area contributed by atoms with Gasteiger partial charge in [0.25, 0.3) is 0 Å². The Morgan fingerprint density at radius 3 is 2.81 bits per heavy atom. The average molecular weight is 300 g/mol. The van der Waals surface area contributed by atoms with E-state index in [4.69, 9.17) is 9.47 Å². The summed E-state index contributed by atoms with van der Waals surface area (Å²) in [5.74, 6) is 0.417. The van der Waals surface area contributed by atoms with Crippen LogP contribution in [0.15, 0.2) is 0 Å². The van der Waals surface area contributed by atoms with Crippen LogP contribution in [0, 0.1) is 5.92 Å². The van der Waals surface area contributed by atoms with Crippen LogP contribution >= 0.6 is 0 Å². The van der Waals surface area contributed by atoms with E-state index in [2.05, 4.69) is 24.2 Å². The number of rotatable bonds is 8. The number of nitrogens with one attached hydrogen (secondary N) is 1. The van der Waals surface area contributed by atoms with E-state index in [0.29, 0.717) is 12.0 Å². The third-order valence-corrected chi connectivity index (χ3v) is 4.46. The van der Waals surface area contributed by atoms with Crippen LogP contribution in [0.4, 0.5) is 0 Å². The molecule has 0 saturated carbocycles. The highest BCUT2D eigenvalue weighted by Crippen LogP contribution is 2.20. The fraction of sp³-hybridized carbons (Fsp3) is 0.938. The summed E-state index contributed by atoms with van der Waals surface area (Å²) in [7, 11) is 3.58. The lowest BCUT2D eigenvalue weighted by molar-refractivity contribution is -0.148. The Morgan fingerprint density at radius 2 is 2.29 bits per heavy atom. The maximum absolute atomic E-state index is 12.0. The molecule has 0 radical (unpaired) electrons. The minimum absolute atomic E-state index is 0.189. The summed E-state index contributed by atoms with van der Waals surface area (Å²) in [6.45, 7) is 9.63. The summed E-state index contributed by atoms with van der Waals surface area (Å²) in [4.78, 5) is 14.4. The quantitative estimate of drug-likeness (QED) is 0.691. The molecule has 0 aromatic rings. The van der Waals surface area contributed by atoms with Crippen LogP contribution in [0.5, 0.6) is 0 Å². The molecule has 1 aliphatic heterocycles. The van der Waals surface area contributed by atoms with Gasteiger partial charge in [-0.2, -0.15) is 0 Å². The van der Waals surface area contributed by atoms with Gasteiger partial charge < -0.3 is 19.7 Å². The van der Waals surface area contributed by atoms with Gasteiger partial charge >= 0.3 is 5.97 Å². The zero-order chi connectivity index (χ0) is 15.9. The fourth-order valence-corrected chi connectivity index (χ4v) is 3.13. The first-order chi connectivity index (χ1) is 9.92. The summed E-state index contributed by atoms with van der Waals surface area (Å²) >= 11 is 0. The van der Waals surface area contributed by atoms with Crippen molar-refractivity contribution >= 4 is 5.97 Å². The molecule has 1 rings (SSSR count). The number of hydrogen-bond donors (Lipinski definition) is 1. The van der Waals surface area contributed by atoms with Crippen molar-refractivity contribution in [2.24, 2.45) is 5.92 Å². The van der Waals surface area contributed by atoms with Gasteiger partial charge in [0.1, 0.15) is 5.54 Å². The Kier molecular flexibility index (Phi) is 7.63. The van der Waals surface area contributed by atoms with E-state index < -0.39 is 5.54 Å². The number of hydrogen-bond acceptors (Lipinski definition) is 5. The lowest BCUT2D eigenvalue weighted by Crippen LogP contribution is -2.54. The van der Waals surface area contributed by atoms with Gasteiger partial charge in [-0.1, -0.05) is 6.92 Å². The second kappa shape index (κ2) is 8.71. The molecular weight excluding hydrogens is 268 g/mol. The third-order valence-electron chi connectivity index (χ3n) is 4.46. The number of esters is 1. The molecule has 21 heavy (non-hydrogen) atoms. The lowest BCUT2D eigenvalue weighted by atomic mass is 9.92. The van der Waals surface area contributed by atoms with Crippen molar-refractivity contribution in [1.82, 2.24) is 10.2 Å². The largest absolute Gasteiger partial charge is 0.468 e. The first-order valence-electron chi connectivity index (χ1n) is 8.04. The summed E-state index contributed by atoms with van der Waals surface area (Å²) in [5, 5.41) is 3.27. The van der Waals surface area contributed by atoms with Crippen molar-refractivity contribution < 1.29 is 14.3 Å². The van der Waals surface area contributed by atoms with Crippen LogP contribution in [-0.2, 0) is 14.3 Å². The summed E-state index contributed by atoms with van der Waals surface area (Å²) < 4.78 is 10.5. The van der Waals surface area contributed by atoms with Gasteiger partial charge in [-0.25, -0.2) is 0 Å². The van der Waals surface area contributed by atoms with Crippen LogP contribution in [0.3, 0.4) is 0 Å². The van der Waals surface area contributed by atoms with E-state index in [1.165, 1.54) is 13.5 Å². The molecule has 1 fully saturated rings. The van der Waals surface area contributed by atoms with E-state index in [-0.39, 0.29) is 5.97 Å². The zero-order valence-electron chi connectivity index (χ0n) is 14.3. The standard InChI is InChI=1S/C16H32N2O3/c1-6-17-16(3,15(19)20-5)10-13(2)18(4)11-14-8-7-9-21-12-14/h13-14,17H,6-12H2,1-5H3. The van der Waals surface area contributed by atoms with Gasteiger partial charge in [0, 0.05) is 19.2 Å². The molecule has 3 unspecified atom stereocenters. The molecule has 3 atom stereocenters. The number of carbonyl (C=O) groups excluding carboxylic acids is 1. The molecule has 124 valence electrons. The molecule has 1 N–H and O–H groups in total. The van der Waals surface area contributed by atoms with Crippen LogP contribution in [0.25, 0.3) is 0 Å². The Morgan fingerprint density at radius 1 is 1.57 bits per heavy atom. The van der Waals surface area contributed by atoms with E-state index >= 15 is 0 Å². The zero-order valence-corrected chi connectivity index (χ0v) is 14.3. The van der Waals surface area contributed by atoms with Gasteiger partial charge in [-0.05, 0) is 52.6 Å². The van der Waals surface area contributed by atoms with Crippen LogP contribution in [0.2, 0.25) is 0 Å². The Hall–Kier alpha value is -0.650. The molecule has 5 nitrogen and oxygen atoms in total. The van der Waals surface area contributed by atoms with Crippen molar-refractivity contribution in [2.75, 3.05) is 40.5 Å². The normalized spacial score (nSPS) is 23.6. The molecular formula is C16H32N2O3. The predicted octanol–water partition coefficient (Wildman–Crippen LogP) is 1.66. The molecule has 5 heteroatoms. The minimum Gasteiger partial charge on any atom is -0.468 e. The van der Waals surface area contributed by atoms with Crippen molar-refractivity contribution in [3.63, 3.8) is 0 Å². The van der Waals surface area contributed by atoms with E-state index in [9.17, 15) is 4.79 Å². The highest BCUT2D eigenvalue weighted by atomic mass is 16.5. The van der Waals surface area contributed by atoms with E-state index in [1.807, 2.05) is 13.8 Å². The summed E-state index contributed by atoms with van der Waals surface area (Å²) in [6.07, 6.45) is 3.13. The van der Waals surface area contributed by atoms with Crippen molar-refractivity contribution in [3.05, 3.63) is 0 Å². The second-order valence-electron chi connectivity index (χ2n) is 6.43. The number of nitrogens with zero attached hydrogens (tertiary/aromatic N) is 1. The fourth-order valence-electron chi connectivity index (χ4n) is 3.13. The first-order valence-corrected chi connectivity index (χ1v) is 8.04. The monoisotopic (exact) mass is 300 g/mol. The van der Waals surface area contributed by atoms with Gasteiger partial charge in [0.2, 0.25) is 0 Å². The third kappa shape index (κ3) is 5.57. The predicted molar refractivity (Wildman–Crippen MR) is 84.3 cm³/mol. The Balaban J connectivity index is 2.54. The van der Waals surface area contributed by atoms with Gasteiger partial charge in [-0.15, -0.1) is 0 Å². The van der Waals surface area contributed by atoms with Gasteiger partial charge in [0.05, 0.1) is 13.7 Å². The highest BCUT2D eigenvalue weighted by molar-refractivity contribution is 5.80. The molecule has 0 amide bonds. The van der Waals surface area contributed by atoms with Gasteiger partial charge in [-0.3, -0.25) is 4.79 Å². The average Bonchev–Trinajstić information content (AvgIpc) is 2.47. The molecule has 1 heterocycles. The molecule has 1 aliphatic rings. The maximum atomic E-state index is 12.0. The topological polar surface area (TPSA) is 50.8 Å². The van der Waals surface area contributed by atoms with Crippen molar-refractivity contribution in [3.8, 4) is 0 Å². The number of ether oxygens (including phenoxy) is 2. The smallest absolute Gasteiger partial charge is 0.325 e. The number of likely N-dealkylation sites (N-methyl/N-ethyl adjacent to an activating group) is 1. The Labute approximate surface area is 129 Å². The first kappa shape index (κ1) is 18.4. The van der Waals surface area contributed by atoms with Crippen LogP contribution in [0.1, 0.15) is 40.0 Å². The van der Waals surface area contributed by atoms with E-state index in [1.54, 1.807) is 0 Å². The lowest BCUT2D eigenvalue weighted by Gasteiger charge is -2.36. The molecule has 0 aliphatic carbocycles. The van der Waals surface area contributed by atoms with Crippen molar-refractivity contribution in [1.29, 1.82) is 0 Å². The minimum atomic E-state index is -0.625. The highest BCUT2D eigenvalue weighted by Gasteiger charge is 2.36. The van der Waals surface area contributed by atoms with Gasteiger partial charge in [0.15, 0.2) is 0 Å². The number of methoxy groups -OCH3 is 1. The molecule has 0 aromatic heterocycles. The summed E-state index contributed by atoms with van der Waals surface area (Å²) in [6, 6.07) is 0.301. The van der Waals surface area contributed by atoms with Crippen LogP contribution in [-0.4, -0.2) is 62.9 Å². The Bertz CT molecular complexity index is 319. The molecule has 0 spiro atoms. The maximum Gasteiger partial charge on any atom is 0.325 e. The van der Waals surface area contributed by atoms with E-state index in [0.717, 1.165) is 39.1 Å². The van der Waals surface area contributed by atoms with Crippen LogP contribution < -0.4 is 5.32 Å². The van der Waals surface area contributed by atoms with Crippen molar-refractivity contribution in [2.45, 2.75) is 51.6 Å². The second-order valence-corrected chi connectivity index (χ2v) is 6.43. The molecule has 0 bridgehead atoms. The number of carbonyl (C=O) groups is 1. The molecule has 0 aromatic carbocycles.